The zero-order chi connectivity index (χ0) is 13.8. The van der Waals surface area contributed by atoms with Crippen LogP contribution in [-0.2, 0) is 11.2 Å². The molecule has 0 N–H and O–H groups in total. The zero-order valence-corrected chi connectivity index (χ0v) is 11.9. The number of nitrogens with zero attached hydrogens (tertiary/aromatic N) is 2. The minimum atomic E-state index is -0.0451. The smallest absolute Gasteiger partial charge is 0.292 e. The number of aromatic nitrogens is 1. The predicted octanol–water partition coefficient (Wildman–Crippen LogP) is 2.27. The van der Waals surface area contributed by atoms with E-state index < -0.39 is 0 Å². The molecule has 1 amide bonds. The summed E-state index contributed by atoms with van der Waals surface area (Å²) in [5, 5.41) is 0. The number of carbonyl (C=O) groups is 1. The number of amides is 1. The molecule has 0 bridgehead atoms. The molecule has 0 aliphatic carbocycles. The minimum Gasteiger partial charge on any atom is -0.438 e. The maximum Gasteiger partial charge on any atom is 0.292 e. The second kappa shape index (κ2) is 6.19. The molecule has 5 heteroatoms. The van der Waals surface area contributed by atoms with E-state index in [1.165, 1.54) is 6.39 Å². The fourth-order valence-electron chi connectivity index (χ4n) is 2.60. The molecular formula is C14H22N2O3. The summed E-state index contributed by atoms with van der Waals surface area (Å²) >= 11 is 0. The van der Waals surface area contributed by atoms with Crippen LogP contribution in [0.3, 0.4) is 0 Å². The third-order valence-corrected chi connectivity index (χ3v) is 3.55. The molecule has 0 radical (unpaired) electrons. The van der Waals surface area contributed by atoms with Gasteiger partial charge in [0.05, 0.1) is 5.69 Å². The Balaban J connectivity index is 2.21. The Morgan fingerprint density at radius 2 is 2.16 bits per heavy atom. The molecule has 19 heavy (non-hydrogen) atoms. The van der Waals surface area contributed by atoms with E-state index in [4.69, 9.17) is 9.15 Å². The Labute approximate surface area is 113 Å². The quantitative estimate of drug-likeness (QED) is 0.839. The molecule has 2 rings (SSSR count). The van der Waals surface area contributed by atoms with Gasteiger partial charge in [-0.1, -0.05) is 6.92 Å². The van der Waals surface area contributed by atoms with E-state index in [9.17, 15) is 4.79 Å². The summed E-state index contributed by atoms with van der Waals surface area (Å²) in [5.41, 5.74) is 0.739. The van der Waals surface area contributed by atoms with Crippen LogP contribution in [0.25, 0.3) is 0 Å². The fourth-order valence-corrected chi connectivity index (χ4v) is 2.60. The summed E-state index contributed by atoms with van der Waals surface area (Å²) in [4.78, 5) is 18.7. The number of rotatable bonds is 4. The van der Waals surface area contributed by atoms with Gasteiger partial charge in [0.25, 0.3) is 5.91 Å². The van der Waals surface area contributed by atoms with E-state index >= 15 is 0 Å². The van der Waals surface area contributed by atoms with Crippen LogP contribution in [-0.4, -0.2) is 41.1 Å². The number of aryl methyl sites for hydroxylation is 1. The first-order chi connectivity index (χ1) is 9.15. The number of ether oxygens (including phenoxy) is 1. The second-order valence-corrected chi connectivity index (χ2v) is 5.13. The Morgan fingerprint density at radius 3 is 2.74 bits per heavy atom. The van der Waals surface area contributed by atoms with Gasteiger partial charge in [-0.2, -0.15) is 0 Å². The molecule has 1 aromatic rings. The van der Waals surface area contributed by atoms with E-state index in [0.29, 0.717) is 12.2 Å². The Morgan fingerprint density at radius 1 is 1.47 bits per heavy atom. The SMILES string of the molecule is CCc1ncoc1C(=O)N(C(C)C)C1CCOCC1. The highest BCUT2D eigenvalue weighted by Gasteiger charge is 2.31. The van der Waals surface area contributed by atoms with E-state index in [2.05, 4.69) is 4.98 Å². The Hall–Kier alpha value is -1.36. The lowest BCUT2D eigenvalue weighted by Crippen LogP contribution is -2.47. The number of hydrogen-bond donors (Lipinski definition) is 0. The first kappa shape index (κ1) is 14.1. The Bertz CT molecular complexity index is 422. The highest BCUT2D eigenvalue weighted by atomic mass is 16.5. The van der Waals surface area contributed by atoms with Crippen LogP contribution in [0, 0.1) is 0 Å². The monoisotopic (exact) mass is 266 g/mol. The lowest BCUT2D eigenvalue weighted by molar-refractivity contribution is 0.0187. The molecule has 0 spiro atoms. The first-order valence-electron chi connectivity index (χ1n) is 6.97. The van der Waals surface area contributed by atoms with Crippen molar-refractivity contribution in [3.8, 4) is 0 Å². The van der Waals surface area contributed by atoms with Gasteiger partial charge in [0, 0.05) is 25.3 Å². The minimum absolute atomic E-state index is 0.0451. The highest BCUT2D eigenvalue weighted by Crippen LogP contribution is 2.21. The zero-order valence-electron chi connectivity index (χ0n) is 11.9. The lowest BCUT2D eigenvalue weighted by atomic mass is 10.0. The van der Waals surface area contributed by atoms with Gasteiger partial charge in [0.2, 0.25) is 5.76 Å². The first-order valence-corrected chi connectivity index (χ1v) is 6.97. The summed E-state index contributed by atoms with van der Waals surface area (Å²) in [6.45, 7) is 7.49. The van der Waals surface area contributed by atoms with E-state index in [-0.39, 0.29) is 18.0 Å². The van der Waals surface area contributed by atoms with Crippen molar-refractivity contribution in [3.63, 3.8) is 0 Å². The maximum atomic E-state index is 12.7. The summed E-state index contributed by atoms with van der Waals surface area (Å²) in [6, 6.07) is 0.376. The summed E-state index contributed by atoms with van der Waals surface area (Å²) in [6.07, 6.45) is 3.84. The summed E-state index contributed by atoms with van der Waals surface area (Å²) in [5.74, 6) is 0.346. The molecule has 2 heterocycles. The largest absolute Gasteiger partial charge is 0.438 e. The lowest BCUT2D eigenvalue weighted by Gasteiger charge is -2.36. The topological polar surface area (TPSA) is 55.6 Å². The molecule has 106 valence electrons. The second-order valence-electron chi connectivity index (χ2n) is 5.13. The van der Waals surface area contributed by atoms with Crippen molar-refractivity contribution in [3.05, 3.63) is 17.8 Å². The number of carbonyl (C=O) groups excluding carboxylic acids is 1. The average molecular weight is 266 g/mol. The van der Waals surface area contributed by atoms with Gasteiger partial charge >= 0.3 is 0 Å². The predicted molar refractivity (Wildman–Crippen MR) is 71.0 cm³/mol. The van der Waals surface area contributed by atoms with Crippen LogP contribution < -0.4 is 0 Å². The summed E-state index contributed by atoms with van der Waals surface area (Å²) in [7, 11) is 0. The fraction of sp³-hybridized carbons (Fsp3) is 0.714. The number of oxazole rings is 1. The van der Waals surface area contributed by atoms with Gasteiger partial charge in [-0.3, -0.25) is 4.79 Å². The van der Waals surface area contributed by atoms with Crippen LogP contribution in [0.4, 0.5) is 0 Å². The third-order valence-electron chi connectivity index (χ3n) is 3.55. The standard InChI is InChI=1S/C14H22N2O3/c1-4-12-13(19-9-15-12)14(17)16(10(2)3)11-5-7-18-8-6-11/h9-11H,4-8H2,1-3H3. The molecule has 0 saturated carbocycles. The molecule has 1 aliphatic heterocycles. The van der Waals surface area contributed by atoms with Crippen molar-refractivity contribution >= 4 is 5.91 Å². The molecule has 5 nitrogen and oxygen atoms in total. The van der Waals surface area contributed by atoms with Crippen molar-refractivity contribution in [2.75, 3.05) is 13.2 Å². The van der Waals surface area contributed by atoms with Gasteiger partial charge in [0.1, 0.15) is 0 Å². The molecular weight excluding hydrogens is 244 g/mol. The molecule has 1 aromatic heterocycles. The summed E-state index contributed by atoms with van der Waals surface area (Å²) < 4.78 is 10.7. The van der Waals surface area contributed by atoms with Crippen LogP contribution >= 0.6 is 0 Å². The van der Waals surface area contributed by atoms with Gasteiger partial charge < -0.3 is 14.1 Å². The van der Waals surface area contributed by atoms with Gasteiger partial charge in [0.15, 0.2) is 6.39 Å². The van der Waals surface area contributed by atoms with E-state index in [1.807, 2.05) is 25.7 Å². The van der Waals surface area contributed by atoms with Crippen molar-refractivity contribution in [2.24, 2.45) is 0 Å². The normalized spacial score (nSPS) is 16.8. The van der Waals surface area contributed by atoms with Gasteiger partial charge in [-0.25, -0.2) is 4.98 Å². The Kier molecular flexibility index (Phi) is 4.58. The van der Waals surface area contributed by atoms with Gasteiger partial charge in [-0.15, -0.1) is 0 Å². The molecule has 1 saturated heterocycles. The van der Waals surface area contributed by atoms with E-state index in [1.54, 1.807) is 0 Å². The third kappa shape index (κ3) is 2.97. The molecule has 0 unspecified atom stereocenters. The highest BCUT2D eigenvalue weighted by molar-refractivity contribution is 5.92. The molecule has 1 fully saturated rings. The number of hydrogen-bond acceptors (Lipinski definition) is 4. The van der Waals surface area contributed by atoms with Crippen LogP contribution in [0.1, 0.15) is 49.9 Å². The molecule has 0 atom stereocenters. The molecule has 0 aromatic carbocycles. The maximum absolute atomic E-state index is 12.7. The van der Waals surface area contributed by atoms with Crippen LogP contribution in [0.15, 0.2) is 10.8 Å². The van der Waals surface area contributed by atoms with Crippen molar-refractivity contribution in [2.45, 2.75) is 52.1 Å². The van der Waals surface area contributed by atoms with E-state index in [0.717, 1.165) is 31.7 Å². The van der Waals surface area contributed by atoms with Crippen LogP contribution in [0.5, 0.6) is 0 Å². The van der Waals surface area contributed by atoms with Crippen LogP contribution in [0.2, 0.25) is 0 Å². The van der Waals surface area contributed by atoms with Crippen molar-refractivity contribution in [1.29, 1.82) is 0 Å². The van der Waals surface area contributed by atoms with Crippen molar-refractivity contribution in [1.82, 2.24) is 9.88 Å². The van der Waals surface area contributed by atoms with Gasteiger partial charge in [-0.05, 0) is 33.1 Å². The average Bonchev–Trinajstić information content (AvgIpc) is 2.88. The van der Waals surface area contributed by atoms with Crippen molar-refractivity contribution < 1.29 is 13.9 Å². The molecule has 1 aliphatic rings.